The maximum absolute atomic E-state index is 13.4. The normalized spacial score (nSPS) is 22.8. The SMILES string of the molecule is Cc1[nH]nc(C2CC2)c1C(=O)N1C[C@@H]2C[C@H](C1)c1ccc(-c3ncc[nH]3)c(=O)n1C2. The van der Waals surface area contributed by atoms with Gasteiger partial charge in [0.15, 0.2) is 0 Å². The van der Waals surface area contributed by atoms with Gasteiger partial charge in [-0.1, -0.05) is 0 Å². The van der Waals surface area contributed by atoms with Gasteiger partial charge in [0.2, 0.25) is 0 Å². The number of nitrogens with zero attached hydrogens (tertiary/aromatic N) is 4. The van der Waals surface area contributed by atoms with Crippen LogP contribution in [0.2, 0.25) is 0 Å². The van der Waals surface area contributed by atoms with Crippen molar-refractivity contribution in [2.24, 2.45) is 5.92 Å². The summed E-state index contributed by atoms with van der Waals surface area (Å²) in [5.74, 6) is 1.57. The number of H-pyrrole nitrogens is 2. The monoisotopic (exact) mass is 404 g/mol. The summed E-state index contributed by atoms with van der Waals surface area (Å²) in [6.45, 7) is 3.90. The van der Waals surface area contributed by atoms with Crippen molar-refractivity contribution >= 4 is 5.91 Å². The highest BCUT2D eigenvalue weighted by Crippen LogP contribution is 2.42. The lowest BCUT2D eigenvalue weighted by Gasteiger charge is -2.43. The number of hydrogen-bond donors (Lipinski definition) is 2. The van der Waals surface area contributed by atoms with Gasteiger partial charge < -0.3 is 14.5 Å². The molecule has 3 aromatic heterocycles. The minimum Gasteiger partial charge on any atom is -0.344 e. The van der Waals surface area contributed by atoms with E-state index in [9.17, 15) is 9.59 Å². The molecule has 8 heteroatoms. The van der Waals surface area contributed by atoms with Gasteiger partial charge in [0.1, 0.15) is 5.82 Å². The minimum absolute atomic E-state index is 0.00127. The van der Waals surface area contributed by atoms with Gasteiger partial charge in [0.25, 0.3) is 11.5 Å². The van der Waals surface area contributed by atoms with Gasteiger partial charge in [-0.15, -0.1) is 0 Å². The molecule has 8 nitrogen and oxygen atoms in total. The van der Waals surface area contributed by atoms with E-state index in [0.29, 0.717) is 36.9 Å². The molecule has 2 fully saturated rings. The Morgan fingerprint density at radius 3 is 2.80 bits per heavy atom. The first-order chi connectivity index (χ1) is 14.6. The quantitative estimate of drug-likeness (QED) is 0.700. The number of aromatic nitrogens is 5. The summed E-state index contributed by atoms with van der Waals surface area (Å²) in [5, 5.41) is 7.44. The second-order valence-electron chi connectivity index (χ2n) is 8.92. The van der Waals surface area contributed by atoms with Crippen molar-refractivity contribution in [1.82, 2.24) is 29.6 Å². The average molecular weight is 404 g/mol. The van der Waals surface area contributed by atoms with Crippen LogP contribution in [0, 0.1) is 12.8 Å². The van der Waals surface area contributed by atoms with E-state index >= 15 is 0 Å². The summed E-state index contributed by atoms with van der Waals surface area (Å²) >= 11 is 0. The number of carbonyl (C=O) groups excluding carboxylic acids is 1. The van der Waals surface area contributed by atoms with Crippen molar-refractivity contribution in [2.75, 3.05) is 13.1 Å². The molecule has 3 aromatic rings. The topological polar surface area (TPSA) is 99.7 Å². The average Bonchev–Trinajstić information content (AvgIpc) is 3.29. The largest absolute Gasteiger partial charge is 0.344 e. The Bertz CT molecular complexity index is 1190. The van der Waals surface area contributed by atoms with Crippen molar-refractivity contribution in [1.29, 1.82) is 0 Å². The van der Waals surface area contributed by atoms with Crippen molar-refractivity contribution in [3.05, 3.63) is 57.5 Å². The molecule has 5 heterocycles. The van der Waals surface area contributed by atoms with Crippen LogP contribution < -0.4 is 5.56 Å². The fourth-order valence-electron chi connectivity index (χ4n) is 5.23. The van der Waals surface area contributed by atoms with Gasteiger partial charge >= 0.3 is 0 Å². The van der Waals surface area contributed by atoms with Crippen molar-refractivity contribution < 1.29 is 4.79 Å². The first-order valence-corrected chi connectivity index (χ1v) is 10.7. The van der Waals surface area contributed by atoms with Gasteiger partial charge in [-0.3, -0.25) is 14.7 Å². The molecule has 2 N–H and O–H groups in total. The molecule has 0 radical (unpaired) electrons. The number of amides is 1. The molecule has 6 rings (SSSR count). The van der Waals surface area contributed by atoms with Crippen LogP contribution in [-0.2, 0) is 6.54 Å². The summed E-state index contributed by atoms with van der Waals surface area (Å²) in [7, 11) is 0. The zero-order chi connectivity index (χ0) is 20.4. The predicted molar refractivity (Wildman–Crippen MR) is 110 cm³/mol. The van der Waals surface area contributed by atoms with Crippen LogP contribution in [0.15, 0.2) is 29.3 Å². The van der Waals surface area contributed by atoms with E-state index in [1.165, 1.54) is 0 Å². The lowest BCUT2D eigenvalue weighted by atomic mass is 9.82. The minimum atomic E-state index is -0.00127. The standard InChI is InChI=1S/C22H24N6O2/c1-12-18(19(26-25-12)14-2-3-14)22(30)27-9-13-8-15(11-27)17-5-4-16(20-23-6-7-24-20)21(29)28(17)10-13/h4-7,13-15H,2-3,8-11H2,1H3,(H,23,24)(H,25,26)/t13-,15+/m0/s1. The van der Waals surface area contributed by atoms with E-state index in [4.69, 9.17) is 0 Å². The van der Waals surface area contributed by atoms with E-state index in [1.807, 2.05) is 28.5 Å². The van der Waals surface area contributed by atoms with Gasteiger partial charge in [-0.25, -0.2) is 4.98 Å². The summed E-state index contributed by atoms with van der Waals surface area (Å²) in [6, 6.07) is 3.90. The number of nitrogens with one attached hydrogen (secondary N) is 2. The third kappa shape index (κ3) is 2.66. The second-order valence-corrected chi connectivity index (χ2v) is 8.92. The Kier molecular flexibility index (Phi) is 3.78. The Morgan fingerprint density at radius 1 is 1.17 bits per heavy atom. The number of rotatable bonds is 3. The number of likely N-dealkylation sites (tertiary alicyclic amines) is 1. The zero-order valence-electron chi connectivity index (χ0n) is 16.9. The molecular weight excluding hydrogens is 380 g/mol. The summed E-state index contributed by atoms with van der Waals surface area (Å²) in [6.07, 6.45) is 6.63. The lowest BCUT2D eigenvalue weighted by molar-refractivity contribution is 0.0593. The summed E-state index contributed by atoms with van der Waals surface area (Å²) in [4.78, 5) is 35.8. The number of pyridine rings is 1. The van der Waals surface area contributed by atoms with E-state index < -0.39 is 0 Å². The first-order valence-electron chi connectivity index (χ1n) is 10.7. The third-order valence-corrected chi connectivity index (χ3v) is 6.80. The molecular formula is C22H24N6O2. The first kappa shape index (κ1) is 17.7. The predicted octanol–water partition coefficient (Wildman–Crippen LogP) is 2.41. The van der Waals surface area contributed by atoms with Crippen LogP contribution in [0.25, 0.3) is 11.4 Å². The van der Waals surface area contributed by atoms with Gasteiger partial charge in [0, 0.05) is 55.3 Å². The van der Waals surface area contributed by atoms with E-state index in [-0.39, 0.29) is 23.3 Å². The third-order valence-electron chi connectivity index (χ3n) is 6.80. The Balaban J connectivity index is 1.32. The molecule has 2 bridgehead atoms. The van der Waals surface area contributed by atoms with Crippen LogP contribution in [0.5, 0.6) is 0 Å². The van der Waals surface area contributed by atoms with E-state index in [1.54, 1.807) is 12.4 Å². The molecule has 1 saturated carbocycles. The molecule has 2 aliphatic heterocycles. The van der Waals surface area contributed by atoms with Crippen LogP contribution in [0.1, 0.15) is 58.5 Å². The number of aryl methyl sites for hydroxylation is 1. The number of carbonyl (C=O) groups is 1. The Hall–Kier alpha value is -3.16. The number of hydrogen-bond acceptors (Lipinski definition) is 4. The molecule has 0 aromatic carbocycles. The van der Waals surface area contributed by atoms with E-state index in [2.05, 4.69) is 20.2 Å². The van der Waals surface area contributed by atoms with Gasteiger partial charge in [-0.05, 0) is 44.2 Å². The highest BCUT2D eigenvalue weighted by molar-refractivity contribution is 5.96. The number of imidazole rings is 1. The smallest absolute Gasteiger partial charge is 0.261 e. The molecule has 0 unspecified atom stereocenters. The van der Waals surface area contributed by atoms with Crippen LogP contribution in [0.3, 0.4) is 0 Å². The fourth-order valence-corrected chi connectivity index (χ4v) is 5.23. The van der Waals surface area contributed by atoms with Crippen LogP contribution >= 0.6 is 0 Å². The summed E-state index contributed by atoms with van der Waals surface area (Å²) in [5.41, 5.74) is 4.18. The molecule has 3 aliphatic rings. The molecule has 1 aliphatic carbocycles. The maximum Gasteiger partial charge on any atom is 0.261 e. The van der Waals surface area contributed by atoms with E-state index in [0.717, 1.165) is 41.9 Å². The van der Waals surface area contributed by atoms with Crippen molar-refractivity contribution in [2.45, 2.75) is 44.6 Å². The lowest BCUT2D eigenvalue weighted by Crippen LogP contribution is -2.49. The van der Waals surface area contributed by atoms with Crippen LogP contribution in [0.4, 0.5) is 0 Å². The molecule has 1 amide bonds. The summed E-state index contributed by atoms with van der Waals surface area (Å²) < 4.78 is 1.90. The number of fused-ring (bicyclic) bond motifs is 4. The maximum atomic E-state index is 13.4. The Morgan fingerprint density at radius 2 is 2.03 bits per heavy atom. The molecule has 0 spiro atoms. The zero-order valence-corrected chi connectivity index (χ0v) is 16.9. The van der Waals surface area contributed by atoms with Crippen molar-refractivity contribution in [3.8, 4) is 11.4 Å². The molecule has 154 valence electrons. The van der Waals surface area contributed by atoms with Gasteiger partial charge in [-0.2, -0.15) is 5.10 Å². The molecule has 1 saturated heterocycles. The van der Waals surface area contributed by atoms with Crippen molar-refractivity contribution in [3.63, 3.8) is 0 Å². The number of aromatic amines is 2. The second kappa shape index (κ2) is 6.42. The fraction of sp³-hybridized carbons (Fsp3) is 0.455. The molecule has 2 atom stereocenters. The highest BCUT2D eigenvalue weighted by Gasteiger charge is 2.39. The molecule has 30 heavy (non-hydrogen) atoms. The Labute approximate surface area is 173 Å². The highest BCUT2D eigenvalue weighted by atomic mass is 16.2. The number of piperidine rings is 1. The van der Waals surface area contributed by atoms with Crippen LogP contribution in [-0.4, -0.2) is 48.6 Å². The van der Waals surface area contributed by atoms with Gasteiger partial charge in [0.05, 0.1) is 16.8 Å².